The summed E-state index contributed by atoms with van der Waals surface area (Å²) in [6.45, 7) is 4.99. The maximum absolute atomic E-state index is 11.8. The first-order chi connectivity index (χ1) is 9.71. The topological polar surface area (TPSA) is 84.7 Å². The number of carbonyl (C=O) groups excluding carboxylic acids is 1. The van der Waals surface area contributed by atoms with E-state index in [1.165, 1.54) is 11.3 Å². The molecule has 0 aliphatic carbocycles. The van der Waals surface area contributed by atoms with Crippen LogP contribution in [-0.2, 0) is 13.0 Å². The molecule has 0 aliphatic heterocycles. The fraction of sp³-hybridized carbons (Fsp3) is 0.500. The van der Waals surface area contributed by atoms with Crippen molar-refractivity contribution < 1.29 is 4.79 Å². The zero-order chi connectivity index (χ0) is 14.4. The molecular formula is C12H18N6OS. The van der Waals surface area contributed by atoms with E-state index in [0.717, 1.165) is 30.8 Å². The fourth-order valence-electron chi connectivity index (χ4n) is 1.66. The largest absolute Gasteiger partial charge is 0.325 e. The van der Waals surface area contributed by atoms with Crippen LogP contribution in [0.25, 0.3) is 0 Å². The number of aryl methyl sites for hydroxylation is 2. The second-order valence-electron chi connectivity index (χ2n) is 4.32. The highest BCUT2D eigenvalue weighted by Crippen LogP contribution is 2.16. The molecule has 0 aromatic carbocycles. The molecule has 2 heterocycles. The first-order valence-corrected chi connectivity index (χ1v) is 7.45. The third kappa shape index (κ3) is 4.02. The van der Waals surface area contributed by atoms with Gasteiger partial charge in [-0.05, 0) is 12.8 Å². The monoisotopic (exact) mass is 294 g/mol. The molecule has 2 aromatic heterocycles. The molecule has 8 heteroatoms. The van der Waals surface area contributed by atoms with Gasteiger partial charge < -0.3 is 5.32 Å². The van der Waals surface area contributed by atoms with Gasteiger partial charge in [-0.3, -0.25) is 10.00 Å². The molecule has 7 nitrogen and oxygen atoms in total. The van der Waals surface area contributed by atoms with Crippen LogP contribution < -0.4 is 10.6 Å². The van der Waals surface area contributed by atoms with Crippen LogP contribution in [0.1, 0.15) is 31.7 Å². The molecule has 0 saturated heterocycles. The highest BCUT2D eigenvalue weighted by atomic mass is 32.1. The van der Waals surface area contributed by atoms with Crippen LogP contribution in [-0.4, -0.2) is 26.0 Å². The van der Waals surface area contributed by atoms with Gasteiger partial charge >= 0.3 is 6.03 Å². The van der Waals surface area contributed by atoms with E-state index in [4.69, 9.17) is 0 Å². The third-order valence-corrected chi connectivity index (χ3v) is 3.39. The van der Waals surface area contributed by atoms with Crippen molar-refractivity contribution >= 4 is 28.2 Å². The van der Waals surface area contributed by atoms with E-state index in [2.05, 4.69) is 39.8 Å². The van der Waals surface area contributed by atoms with Crippen molar-refractivity contribution in [3.05, 3.63) is 17.4 Å². The van der Waals surface area contributed by atoms with Gasteiger partial charge in [-0.2, -0.15) is 5.10 Å². The van der Waals surface area contributed by atoms with Gasteiger partial charge in [0.05, 0.1) is 11.9 Å². The number of carbonyl (C=O) groups is 1. The van der Waals surface area contributed by atoms with E-state index in [0.29, 0.717) is 10.8 Å². The molecule has 2 rings (SSSR count). The third-order valence-electron chi connectivity index (χ3n) is 2.49. The van der Waals surface area contributed by atoms with Crippen molar-refractivity contribution in [1.29, 1.82) is 0 Å². The molecule has 2 N–H and O–H groups in total. The summed E-state index contributed by atoms with van der Waals surface area (Å²) in [4.78, 5) is 11.8. The van der Waals surface area contributed by atoms with Crippen molar-refractivity contribution in [2.75, 3.05) is 10.6 Å². The quantitative estimate of drug-likeness (QED) is 0.858. The molecule has 2 amide bonds. The molecule has 0 atom stereocenters. The Labute approximate surface area is 121 Å². The number of hydrogen-bond donors (Lipinski definition) is 2. The fourth-order valence-corrected chi connectivity index (χ4v) is 2.49. The van der Waals surface area contributed by atoms with Gasteiger partial charge in [-0.1, -0.05) is 25.2 Å². The molecule has 0 aliphatic rings. The number of aromatic nitrogens is 4. The Morgan fingerprint density at radius 3 is 2.90 bits per heavy atom. The molecule has 0 unspecified atom stereocenters. The average Bonchev–Trinajstić information content (AvgIpc) is 3.00. The zero-order valence-electron chi connectivity index (χ0n) is 11.6. The minimum absolute atomic E-state index is 0.333. The maximum atomic E-state index is 11.8. The number of anilines is 2. The molecule has 2 aromatic rings. The number of nitrogens with zero attached hydrogens (tertiary/aromatic N) is 4. The lowest BCUT2D eigenvalue weighted by Gasteiger charge is -2.01. The van der Waals surface area contributed by atoms with Crippen molar-refractivity contribution in [2.24, 2.45) is 0 Å². The second-order valence-corrected chi connectivity index (χ2v) is 5.38. The molecule has 0 bridgehead atoms. The smallest absolute Gasteiger partial charge is 0.305 e. The van der Waals surface area contributed by atoms with Gasteiger partial charge in [-0.15, -0.1) is 10.2 Å². The highest BCUT2D eigenvalue weighted by molar-refractivity contribution is 7.15. The summed E-state index contributed by atoms with van der Waals surface area (Å²) >= 11 is 1.39. The van der Waals surface area contributed by atoms with Crippen molar-refractivity contribution in [1.82, 2.24) is 20.0 Å². The minimum atomic E-state index is -0.333. The van der Waals surface area contributed by atoms with Crippen LogP contribution in [0, 0.1) is 0 Å². The summed E-state index contributed by atoms with van der Waals surface area (Å²) in [6, 6.07) is -0.333. The Hall–Kier alpha value is -1.96. The van der Waals surface area contributed by atoms with Crippen molar-refractivity contribution in [3.63, 3.8) is 0 Å². The summed E-state index contributed by atoms with van der Waals surface area (Å²) in [5, 5.41) is 18.9. The first-order valence-electron chi connectivity index (χ1n) is 6.64. The average molecular weight is 294 g/mol. The van der Waals surface area contributed by atoms with Crippen LogP contribution in [0.2, 0.25) is 0 Å². The Balaban J connectivity index is 1.87. The van der Waals surface area contributed by atoms with Crippen molar-refractivity contribution in [3.8, 4) is 0 Å². The van der Waals surface area contributed by atoms with Crippen LogP contribution in [0.5, 0.6) is 0 Å². The summed E-state index contributed by atoms with van der Waals surface area (Å²) in [7, 11) is 0. The lowest BCUT2D eigenvalue weighted by molar-refractivity contribution is 0.262. The van der Waals surface area contributed by atoms with Gasteiger partial charge in [0.15, 0.2) is 0 Å². The number of amides is 2. The first kappa shape index (κ1) is 14.4. The standard InChI is InChI=1S/C12H18N6OS/c1-3-5-10-16-17-12(20-10)15-11(19)14-9-7-13-18(8-9)6-4-2/h7-8H,3-6H2,1-2H3,(H2,14,15,17,19). The number of hydrogen-bond acceptors (Lipinski definition) is 5. The predicted octanol–water partition coefficient (Wildman–Crippen LogP) is 2.74. The molecule has 0 fully saturated rings. The Morgan fingerprint density at radius 1 is 1.30 bits per heavy atom. The minimum Gasteiger partial charge on any atom is -0.305 e. The van der Waals surface area contributed by atoms with Crippen LogP contribution in [0.15, 0.2) is 12.4 Å². The number of nitrogens with one attached hydrogen (secondary N) is 2. The highest BCUT2D eigenvalue weighted by Gasteiger charge is 2.08. The van der Waals surface area contributed by atoms with Crippen LogP contribution in [0.3, 0.4) is 0 Å². The van der Waals surface area contributed by atoms with Gasteiger partial charge in [0.1, 0.15) is 5.01 Å². The van der Waals surface area contributed by atoms with Crippen molar-refractivity contribution in [2.45, 2.75) is 39.7 Å². The summed E-state index contributed by atoms with van der Waals surface area (Å²) in [6.07, 6.45) is 6.31. The van der Waals surface area contributed by atoms with E-state index in [1.807, 2.05) is 0 Å². The number of rotatable bonds is 6. The predicted molar refractivity (Wildman–Crippen MR) is 79.1 cm³/mol. The Kier molecular flexibility index (Phi) is 5.05. The lowest BCUT2D eigenvalue weighted by atomic mass is 10.4. The summed E-state index contributed by atoms with van der Waals surface area (Å²) < 4.78 is 1.79. The number of urea groups is 1. The molecule has 0 radical (unpaired) electrons. The van der Waals surface area contributed by atoms with E-state index in [1.54, 1.807) is 17.1 Å². The van der Waals surface area contributed by atoms with E-state index >= 15 is 0 Å². The van der Waals surface area contributed by atoms with Gasteiger partial charge in [-0.25, -0.2) is 4.79 Å². The molecular weight excluding hydrogens is 276 g/mol. The molecule has 20 heavy (non-hydrogen) atoms. The summed E-state index contributed by atoms with van der Waals surface area (Å²) in [5.41, 5.74) is 0.661. The zero-order valence-corrected chi connectivity index (χ0v) is 12.4. The van der Waals surface area contributed by atoms with Crippen LogP contribution in [0.4, 0.5) is 15.6 Å². The SMILES string of the molecule is CCCc1nnc(NC(=O)Nc2cnn(CCC)c2)s1. The van der Waals surface area contributed by atoms with E-state index < -0.39 is 0 Å². The normalized spacial score (nSPS) is 10.5. The Morgan fingerprint density at radius 2 is 2.15 bits per heavy atom. The molecule has 108 valence electrons. The van der Waals surface area contributed by atoms with Gasteiger partial charge in [0.25, 0.3) is 0 Å². The van der Waals surface area contributed by atoms with Crippen LogP contribution >= 0.6 is 11.3 Å². The summed E-state index contributed by atoms with van der Waals surface area (Å²) in [5.74, 6) is 0. The lowest BCUT2D eigenvalue weighted by Crippen LogP contribution is -2.19. The Bertz CT molecular complexity index is 516. The maximum Gasteiger partial charge on any atom is 0.325 e. The van der Waals surface area contributed by atoms with E-state index in [-0.39, 0.29) is 6.03 Å². The van der Waals surface area contributed by atoms with E-state index in [9.17, 15) is 4.79 Å². The molecule has 0 saturated carbocycles. The second kappa shape index (κ2) is 6.99. The van der Waals surface area contributed by atoms with Gasteiger partial charge in [0, 0.05) is 19.2 Å². The van der Waals surface area contributed by atoms with Gasteiger partial charge in [0.2, 0.25) is 5.13 Å². The molecule has 0 spiro atoms.